The molecule has 6 heteroatoms. The number of likely N-dealkylation sites (N-methyl/N-ethyl adjacent to an activating group) is 1. The molecule has 4 rings (SSSR count). The van der Waals surface area contributed by atoms with E-state index in [1.165, 1.54) is 11.1 Å². The van der Waals surface area contributed by atoms with Gasteiger partial charge in [-0.1, -0.05) is 24.3 Å². The van der Waals surface area contributed by atoms with Gasteiger partial charge < -0.3 is 19.7 Å². The van der Waals surface area contributed by atoms with E-state index in [-0.39, 0.29) is 18.5 Å². The monoisotopic (exact) mass is 430 g/mol. The Labute approximate surface area is 167 Å². The topological polar surface area (TPSA) is 50.8 Å². The lowest BCUT2D eigenvalue weighted by molar-refractivity contribution is -0.130. The van der Waals surface area contributed by atoms with Crippen molar-refractivity contribution in [3.05, 3.63) is 52.0 Å². The van der Waals surface area contributed by atoms with Gasteiger partial charge in [0.15, 0.2) is 11.5 Å². The molecule has 27 heavy (non-hydrogen) atoms. The molecule has 1 aliphatic carbocycles. The number of benzene rings is 2. The normalized spacial score (nSPS) is 17.8. The van der Waals surface area contributed by atoms with Crippen LogP contribution < -0.4 is 14.8 Å². The number of nitrogens with one attached hydrogen (secondary N) is 1. The maximum absolute atomic E-state index is 12.8. The van der Waals surface area contributed by atoms with Crippen LogP contribution in [-0.4, -0.2) is 37.6 Å². The Morgan fingerprint density at radius 2 is 1.96 bits per heavy atom. The number of hydrogen-bond donors (Lipinski definition) is 1. The van der Waals surface area contributed by atoms with Gasteiger partial charge in [-0.15, -0.1) is 0 Å². The average molecular weight is 431 g/mol. The highest BCUT2D eigenvalue weighted by atomic mass is 79.9. The molecule has 1 aliphatic heterocycles. The van der Waals surface area contributed by atoms with Crippen LogP contribution >= 0.6 is 15.9 Å². The SMILES string of the molecule is CN(C(=O)CNc1cc2c(cc1Br)OCCO2)[C@@H]1CCCc2ccccc21. The molecule has 0 spiro atoms. The minimum absolute atomic E-state index is 0.0680. The fraction of sp³-hybridized carbons (Fsp3) is 0.381. The minimum Gasteiger partial charge on any atom is -0.486 e. The fourth-order valence-electron chi connectivity index (χ4n) is 3.80. The van der Waals surface area contributed by atoms with Gasteiger partial charge in [-0.25, -0.2) is 0 Å². The van der Waals surface area contributed by atoms with E-state index in [2.05, 4.69) is 45.5 Å². The summed E-state index contributed by atoms with van der Waals surface area (Å²) in [6.45, 7) is 1.32. The van der Waals surface area contributed by atoms with Crippen LogP contribution in [0.25, 0.3) is 0 Å². The van der Waals surface area contributed by atoms with Crippen molar-refractivity contribution in [3.63, 3.8) is 0 Å². The second kappa shape index (κ2) is 7.80. The van der Waals surface area contributed by atoms with E-state index in [9.17, 15) is 4.79 Å². The molecule has 0 saturated heterocycles. The van der Waals surface area contributed by atoms with Gasteiger partial charge in [0, 0.05) is 23.7 Å². The second-order valence-corrected chi connectivity index (χ2v) is 7.80. The van der Waals surface area contributed by atoms with Crippen molar-refractivity contribution >= 4 is 27.5 Å². The van der Waals surface area contributed by atoms with E-state index in [0.717, 1.165) is 35.2 Å². The van der Waals surface area contributed by atoms with Crippen LogP contribution in [0.1, 0.15) is 30.0 Å². The summed E-state index contributed by atoms with van der Waals surface area (Å²) in [5.74, 6) is 1.49. The lowest BCUT2D eigenvalue weighted by Crippen LogP contribution is -2.37. The number of halogens is 1. The number of nitrogens with zero attached hydrogens (tertiary/aromatic N) is 1. The number of hydrogen-bond acceptors (Lipinski definition) is 4. The first-order chi connectivity index (χ1) is 13.1. The van der Waals surface area contributed by atoms with Crippen LogP contribution in [0.3, 0.4) is 0 Å². The van der Waals surface area contributed by atoms with E-state index in [1.807, 2.05) is 24.1 Å². The molecule has 0 saturated carbocycles. The Morgan fingerprint density at radius 1 is 1.22 bits per heavy atom. The van der Waals surface area contributed by atoms with E-state index in [1.54, 1.807) is 0 Å². The number of carbonyl (C=O) groups excluding carboxylic acids is 1. The van der Waals surface area contributed by atoms with Crippen molar-refractivity contribution < 1.29 is 14.3 Å². The Hall–Kier alpha value is -2.21. The maximum atomic E-state index is 12.8. The van der Waals surface area contributed by atoms with Gasteiger partial charge in [-0.3, -0.25) is 4.79 Å². The van der Waals surface area contributed by atoms with Crippen LogP contribution in [0.4, 0.5) is 5.69 Å². The summed E-state index contributed by atoms with van der Waals surface area (Å²) in [6, 6.07) is 12.3. The van der Waals surface area contributed by atoms with Crippen molar-refractivity contribution in [1.29, 1.82) is 0 Å². The van der Waals surface area contributed by atoms with Gasteiger partial charge >= 0.3 is 0 Å². The van der Waals surface area contributed by atoms with Crippen LogP contribution in [0.5, 0.6) is 11.5 Å². The lowest BCUT2D eigenvalue weighted by Gasteiger charge is -2.33. The zero-order valence-electron chi connectivity index (χ0n) is 15.3. The first-order valence-electron chi connectivity index (χ1n) is 9.30. The zero-order valence-corrected chi connectivity index (χ0v) is 16.9. The molecule has 0 aromatic heterocycles. The molecule has 0 radical (unpaired) electrons. The summed E-state index contributed by atoms with van der Waals surface area (Å²) >= 11 is 3.54. The minimum atomic E-state index is 0.0680. The summed E-state index contributed by atoms with van der Waals surface area (Å²) in [5.41, 5.74) is 3.46. The third-order valence-corrected chi connectivity index (χ3v) is 5.92. The highest BCUT2D eigenvalue weighted by Crippen LogP contribution is 2.38. The summed E-state index contributed by atoms with van der Waals surface area (Å²) in [7, 11) is 1.90. The Kier molecular flexibility index (Phi) is 5.25. The number of anilines is 1. The first kappa shape index (κ1) is 18.2. The van der Waals surface area contributed by atoms with Crippen molar-refractivity contribution in [3.8, 4) is 11.5 Å². The second-order valence-electron chi connectivity index (χ2n) is 6.94. The molecule has 1 heterocycles. The number of ether oxygens (including phenoxy) is 2. The molecule has 142 valence electrons. The van der Waals surface area contributed by atoms with Gasteiger partial charge in [0.1, 0.15) is 13.2 Å². The summed E-state index contributed by atoms with van der Waals surface area (Å²) in [5, 5.41) is 3.23. The molecule has 1 atom stereocenters. The van der Waals surface area contributed by atoms with Crippen molar-refractivity contribution in [2.45, 2.75) is 25.3 Å². The summed E-state index contributed by atoms with van der Waals surface area (Å²) < 4.78 is 12.1. The molecular weight excluding hydrogens is 408 g/mol. The molecular formula is C21H23BrN2O3. The van der Waals surface area contributed by atoms with Crippen LogP contribution in [-0.2, 0) is 11.2 Å². The van der Waals surface area contributed by atoms with Crippen LogP contribution in [0, 0.1) is 0 Å². The van der Waals surface area contributed by atoms with E-state index in [0.29, 0.717) is 19.0 Å². The van der Waals surface area contributed by atoms with Crippen LogP contribution in [0.15, 0.2) is 40.9 Å². The fourth-order valence-corrected chi connectivity index (χ4v) is 4.26. The maximum Gasteiger partial charge on any atom is 0.242 e. The molecule has 0 bridgehead atoms. The van der Waals surface area contributed by atoms with E-state index >= 15 is 0 Å². The molecule has 0 unspecified atom stereocenters. The third-order valence-electron chi connectivity index (χ3n) is 5.26. The Balaban J connectivity index is 1.44. The number of amides is 1. The smallest absolute Gasteiger partial charge is 0.242 e. The number of rotatable bonds is 4. The third kappa shape index (κ3) is 3.76. The molecule has 2 aromatic carbocycles. The van der Waals surface area contributed by atoms with Crippen molar-refractivity contribution in [1.82, 2.24) is 4.90 Å². The zero-order chi connectivity index (χ0) is 18.8. The van der Waals surface area contributed by atoms with Gasteiger partial charge in [0.2, 0.25) is 5.91 Å². The first-order valence-corrected chi connectivity index (χ1v) is 10.1. The van der Waals surface area contributed by atoms with E-state index < -0.39 is 0 Å². The van der Waals surface area contributed by atoms with Gasteiger partial charge in [-0.2, -0.15) is 0 Å². The lowest BCUT2D eigenvalue weighted by atomic mass is 9.87. The molecule has 1 N–H and O–H groups in total. The van der Waals surface area contributed by atoms with Crippen molar-refractivity contribution in [2.24, 2.45) is 0 Å². The predicted molar refractivity (Wildman–Crippen MR) is 109 cm³/mol. The molecule has 2 aliphatic rings. The number of fused-ring (bicyclic) bond motifs is 2. The number of carbonyl (C=O) groups is 1. The number of aryl methyl sites for hydroxylation is 1. The van der Waals surface area contributed by atoms with E-state index in [4.69, 9.17) is 9.47 Å². The highest BCUT2D eigenvalue weighted by Gasteiger charge is 2.26. The molecule has 5 nitrogen and oxygen atoms in total. The predicted octanol–water partition coefficient (Wildman–Crippen LogP) is 4.17. The summed E-state index contributed by atoms with van der Waals surface area (Å²) in [6.07, 6.45) is 3.21. The van der Waals surface area contributed by atoms with Gasteiger partial charge in [0.05, 0.1) is 18.3 Å². The summed E-state index contributed by atoms with van der Waals surface area (Å²) in [4.78, 5) is 14.7. The van der Waals surface area contributed by atoms with Crippen LogP contribution in [0.2, 0.25) is 0 Å². The average Bonchev–Trinajstić information content (AvgIpc) is 2.71. The largest absolute Gasteiger partial charge is 0.486 e. The van der Waals surface area contributed by atoms with Gasteiger partial charge in [0.25, 0.3) is 0 Å². The van der Waals surface area contributed by atoms with Crippen molar-refractivity contribution in [2.75, 3.05) is 32.1 Å². The highest BCUT2D eigenvalue weighted by molar-refractivity contribution is 9.10. The van der Waals surface area contributed by atoms with Gasteiger partial charge in [-0.05, 0) is 46.3 Å². The Bertz CT molecular complexity index is 855. The molecule has 2 aromatic rings. The molecule has 1 amide bonds. The molecule has 0 fully saturated rings. The Morgan fingerprint density at radius 3 is 2.78 bits per heavy atom. The quantitative estimate of drug-likeness (QED) is 0.790. The standard InChI is InChI=1S/C21H23BrN2O3/c1-24(18-8-4-6-14-5-2-3-7-15(14)18)21(25)13-23-17-12-20-19(11-16(17)22)26-9-10-27-20/h2-3,5,7,11-12,18,23H,4,6,8-10,13H2,1H3/t18-/m1/s1.